The minimum atomic E-state index is -0.507. The van der Waals surface area contributed by atoms with Gasteiger partial charge in [0.25, 0.3) is 5.91 Å². The molecule has 0 aromatic heterocycles. The van der Waals surface area contributed by atoms with E-state index in [-0.39, 0.29) is 16.9 Å². The minimum Gasteiger partial charge on any atom is -0.393 e. The number of hydrogen-bond acceptors (Lipinski definition) is 2. The average molecular weight is 359 g/mol. The number of nitrogens with zero attached hydrogens (tertiary/aromatic N) is 1. The highest BCUT2D eigenvalue weighted by atomic mass is 79.9. The predicted molar refractivity (Wildman–Crippen MR) is 84.1 cm³/mol. The lowest BCUT2D eigenvalue weighted by Crippen LogP contribution is -2.46. The molecule has 0 atom stereocenters. The first-order valence-electron chi connectivity index (χ1n) is 6.38. The lowest BCUT2D eigenvalue weighted by molar-refractivity contribution is 0.0665. The second-order valence-electron chi connectivity index (χ2n) is 5.34. The molecule has 108 valence electrons. The van der Waals surface area contributed by atoms with Crippen LogP contribution in [0.1, 0.15) is 30.1 Å². The average Bonchev–Trinajstić information content (AvgIpc) is 2.38. The van der Waals surface area contributed by atoms with Crippen molar-refractivity contribution < 1.29 is 9.18 Å². The smallest absolute Gasteiger partial charge is 0.256 e. The molecule has 2 rings (SSSR count). The number of benzene rings is 1. The molecule has 1 aliphatic heterocycles. The standard InChI is InChI=1S/C14H16BrFN2OS/c1-14(13(17)20)4-6-18(7-5-14)12(19)10-3-2-9(15)8-11(10)16/h2-3,8H,4-7H2,1H3,(H2,17,20). The van der Waals surface area contributed by atoms with Crippen LogP contribution in [0.5, 0.6) is 0 Å². The number of thiocarbonyl (C=S) groups is 1. The molecular weight excluding hydrogens is 343 g/mol. The van der Waals surface area contributed by atoms with Crippen LogP contribution in [0.2, 0.25) is 0 Å². The summed E-state index contributed by atoms with van der Waals surface area (Å²) in [5, 5.41) is 0. The molecule has 1 aromatic carbocycles. The lowest BCUT2D eigenvalue weighted by Gasteiger charge is -2.38. The first kappa shape index (κ1) is 15.4. The van der Waals surface area contributed by atoms with E-state index in [0.29, 0.717) is 35.4 Å². The second-order valence-corrected chi connectivity index (χ2v) is 6.70. The molecule has 1 saturated heterocycles. The molecule has 1 heterocycles. The monoisotopic (exact) mass is 358 g/mol. The third-order valence-electron chi connectivity index (χ3n) is 3.91. The Kier molecular flexibility index (Phi) is 4.44. The molecule has 0 aliphatic carbocycles. The van der Waals surface area contributed by atoms with E-state index >= 15 is 0 Å². The number of carbonyl (C=O) groups excluding carboxylic acids is 1. The zero-order valence-corrected chi connectivity index (χ0v) is 13.6. The summed E-state index contributed by atoms with van der Waals surface area (Å²) in [6.07, 6.45) is 1.43. The van der Waals surface area contributed by atoms with E-state index in [4.69, 9.17) is 18.0 Å². The summed E-state index contributed by atoms with van der Waals surface area (Å²) in [5.74, 6) is -0.785. The van der Waals surface area contributed by atoms with Gasteiger partial charge in [0, 0.05) is 23.0 Å². The Bertz CT molecular complexity index is 556. The van der Waals surface area contributed by atoms with Gasteiger partial charge in [-0.1, -0.05) is 35.1 Å². The van der Waals surface area contributed by atoms with Crippen LogP contribution in [0.15, 0.2) is 22.7 Å². The van der Waals surface area contributed by atoms with Crippen LogP contribution in [0.3, 0.4) is 0 Å². The van der Waals surface area contributed by atoms with Gasteiger partial charge in [0.15, 0.2) is 0 Å². The Morgan fingerprint density at radius 2 is 2.05 bits per heavy atom. The Morgan fingerprint density at radius 3 is 2.55 bits per heavy atom. The summed E-state index contributed by atoms with van der Waals surface area (Å²) in [6, 6.07) is 4.47. The Labute approximate surface area is 131 Å². The van der Waals surface area contributed by atoms with Crippen molar-refractivity contribution in [3.05, 3.63) is 34.1 Å². The van der Waals surface area contributed by atoms with Gasteiger partial charge < -0.3 is 10.6 Å². The molecule has 0 bridgehead atoms. The van der Waals surface area contributed by atoms with Crippen LogP contribution in [0, 0.1) is 11.2 Å². The second kappa shape index (κ2) is 5.77. The van der Waals surface area contributed by atoms with Crippen molar-refractivity contribution in [2.24, 2.45) is 11.1 Å². The topological polar surface area (TPSA) is 46.3 Å². The van der Waals surface area contributed by atoms with E-state index in [1.165, 1.54) is 12.1 Å². The van der Waals surface area contributed by atoms with E-state index in [1.807, 2.05) is 6.92 Å². The fourth-order valence-electron chi connectivity index (χ4n) is 2.28. The number of nitrogens with two attached hydrogens (primary N) is 1. The highest BCUT2D eigenvalue weighted by Crippen LogP contribution is 2.32. The van der Waals surface area contributed by atoms with Crippen molar-refractivity contribution in [3.63, 3.8) is 0 Å². The van der Waals surface area contributed by atoms with Crippen molar-refractivity contribution in [3.8, 4) is 0 Å². The number of amides is 1. The Morgan fingerprint density at radius 1 is 1.45 bits per heavy atom. The number of halogens is 2. The van der Waals surface area contributed by atoms with Gasteiger partial charge in [-0.3, -0.25) is 4.79 Å². The zero-order valence-electron chi connectivity index (χ0n) is 11.2. The number of rotatable bonds is 2. The molecule has 1 amide bonds. The number of likely N-dealkylation sites (tertiary alicyclic amines) is 1. The number of carbonyl (C=O) groups is 1. The summed E-state index contributed by atoms with van der Waals surface area (Å²) in [5.41, 5.74) is 5.64. The van der Waals surface area contributed by atoms with Gasteiger partial charge in [0.05, 0.1) is 10.6 Å². The van der Waals surface area contributed by atoms with Crippen LogP contribution in [-0.2, 0) is 0 Å². The third-order valence-corrected chi connectivity index (χ3v) is 4.90. The fourth-order valence-corrected chi connectivity index (χ4v) is 2.82. The summed E-state index contributed by atoms with van der Waals surface area (Å²) in [7, 11) is 0. The Hall–Kier alpha value is -1.01. The summed E-state index contributed by atoms with van der Waals surface area (Å²) >= 11 is 8.25. The molecule has 6 heteroatoms. The first-order valence-corrected chi connectivity index (χ1v) is 7.58. The third kappa shape index (κ3) is 3.01. The fraction of sp³-hybridized carbons (Fsp3) is 0.429. The van der Waals surface area contributed by atoms with Gasteiger partial charge in [-0.05, 0) is 31.0 Å². The van der Waals surface area contributed by atoms with E-state index < -0.39 is 5.82 Å². The maximum absolute atomic E-state index is 13.8. The van der Waals surface area contributed by atoms with Gasteiger partial charge in [0.1, 0.15) is 5.82 Å². The van der Waals surface area contributed by atoms with Gasteiger partial charge in [0.2, 0.25) is 0 Å². The first-order chi connectivity index (χ1) is 9.33. The van der Waals surface area contributed by atoms with E-state index in [1.54, 1.807) is 11.0 Å². The van der Waals surface area contributed by atoms with Crippen molar-refractivity contribution >= 4 is 39.0 Å². The van der Waals surface area contributed by atoms with Crippen LogP contribution in [0.4, 0.5) is 4.39 Å². The largest absolute Gasteiger partial charge is 0.393 e. The van der Waals surface area contributed by atoms with E-state index in [0.717, 1.165) is 0 Å². The molecular formula is C14H16BrFN2OS. The predicted octanol–water partition coefficient (Wildman–Crippen LogP) is 3.12. The van der Waals surface area contributed by atoms with Crippen LogP contribution < -0.4 is 5.73 Å². The van der Waals surface area contributed by atoms with E-state index in [2.05, 4.69) is 15.9 Å². The van der Waals surface area contributed by atoms with E-state index in [9.17, 15) is 9.18 Å². The minimum absolute atomic E-state index is 0.104. The van der Waals surface area contributed by atoms with Gasteiger partial charge in [-0.15, -0.1) is 0 Å². The van der Waals surface area contributed by atoms with Crippen molar-refractivity contribution in [1.29, 1.82) is 0 Å². The van der Waals surface area contributed by atoms with Gasteiger partial charge in [-0.2, -0.15) is 0 Å². The SMILES string of the molecule is CC1(C(N)=S)CCN(C(=O)c2ccc(Br)cc2F)CC1. The lowest BCUT2D eigenvalue weighted by atomic mass is 9.80. The molecule has 1 aliphatic rings. The van der Waals surface area contributed by atoms with Crippen molar-refractivity contribution in [2.75, 3.05) is 13.1 Å². The maximum atomic E-state index is 13.8. The van der Waals surface area contributed by atoms with Gasteiger partial charge in [-0.25, -0.2) is 4.39 Å². The molecule has 1 fully saturated rings. The van der Waals surface area contributed by atoms with Crippen molar-refractivity contribution in [2.45, 2.75) is 19.8 Å². The molecule has 1 aromatic rings. The molecule has 0 saturated carbocycles. The summed E-state index contributed by atoms with van der Waals surface area (Å²) < 4.78 is 14.4. The van der Waals surface area contributed by atoms with Crippen LogP contribution >= 0.6 is 28.1 Å². The highest BCUT2D eigenvalue weighted by molar-refractivity contribution is 9.10. The number of piperidine rings is 1. The van der Waals surface area contributed by atoms with Crippen LogP contribution in [0.25, 0.3) is 0 Å². The summed E-state index contributed by atoms with van der Waals surface area (Å²) in [4.78, 5) is 14.5. The van der Waals surface area contributed by atoms with Crippen molar-refractivity contribution in [1.82, 2.24) is 4.90 Å². The van der Waals surface area contributed by atoms with Crippen LogP contribution in [-0.4, -0.2) is 28.9 Å². The molecule has 0 radical (unpaired) electrons. The molecule has 20 heavy (non-hydrogen) atoms. The zero-order chi connectivity index (χ0) is 14.9. The van der Waals surface area contributed by atoms with Gasteiger partial charge >= 0.3 is 0 Å². The normalized spacial score (nSPS) is 17.9. The Balaban J connectivity index is 2.11. The molecule has 0 unspecified atom stereocenters. The summed E-state index contributed by atoms with van der Waals surface area (Å²) in [6.45, 7) is 3.10. The maximum Gasteiger partial charge on any atom is 0.256 e. The molecule has 0 spiro atoms. The highest BCUT2D eigenvalue weighted by Gasteiger charge is 2.34. The number of hydrogen-bond donors (Lipinski definition) is 1. The quantitative estimate of drug-likeness (QED) is 0.826. The molecule has 2 N–H and O–H groups in total. The molecule has 3 nitrogen and oxygen atoms in total.